The van der Waals surface area contributed by atoms with Crippen molar-refractivity contribution in [3.63, 3.8) is 0 Å². The number of nitrogens with one attached hydrogen (secondary N) is 1. The van der Waals surface area contributed by atoms with Crippen LogP contribution in [0.2, 0.25) is 5.02 Å². The van der Waals surface area contributed by atoms with E-state index in [1.165, 1.54) is 16.8 Å². The van der Waals surface area contributed by atoms with Crippen LogP contribution >= 0.6 is 11.6 Å². The summed E-state index contributed by atoms with van der Waals surface area (Å²) >= 11 is 5.83. The maximum Gasteiger partial charge on any atom is 0.416 e. The van der Waals surface area contributed by atoms with Crippen molar-refractivity contribution in [2.75, 3.05) is 0 Å². The third-order valence-electron chi connectivity index (χ3n) is 4.99. The molecule has 31 heavy (non-hydrogen) atoms. The van der Waals surface area contributed by atoms with E-state index >= 15 is 0 Å². The molecule has 1 amide bonds. The maximum atomic E-state index is 12.8. The Hall–Kier alpha value is -3.07. The van der Waals surface area contributed by atoms with Gasteiger partial charge in [0, 0.05) is 5.02 Å². The second kappa shape index (κ2) is 8.22. The normalized spacial score (nSPS) is 14.8. The molecule has 1 aliphatic rings. The van der Waals surface area contributed by atoms with Gasteiger partial charge in [0.05, 0.1) is 17.3 Å². The van der Waals surface area contributed by atoms with Crippen molar-refractivity contribution in [1.82, 2.24) is 20.3 Å². The SMILES string of the molecule is O=C(Cn1cc(COc2ccc(Cl)cc2)nn1)NC1(c2ccc(C(F)(F)F)cc2)CC1. The van der Waals surface area contributed by atoms with Crippen LogP contribution in [0.25, 0.3) is 0 Å². The number of nitrogens with zero attached hydrogens (tertiary/aromatic N) is 3. The number of hydrogen-bond acceptors (Lipinski definition) is 4. The molecule has 1 aromatic heterocycles. The number of alkyl halides is 3. The van der Waals surface area contributed by atoms with Crippen molar-refractivity contribution >= 4 is 17.5 Å². The van der Waals surface area contributed by atoms with Crippen molar-refractivity contribution in [2.45, 2.75) is 37.7 Å². The minimum absolute atomic E-state index is 0.0592. The predicted molar refractivity (Wildman–Crippen MR) is 106 cm³/mol. The molecule has 0 radical (unpaired) electrons. The lowest BCUT2D eigenvalue weighted by Gasteiger charge is -2.18. The second-order valence-electron chi connectivity index (χ2n) is 7.36. The number of ether oxygens (including phenoxy) is 1. The van der Waals surface area contributed by atoms with E-state index in [-0.39, 0.29) is 19.1 Å². The van der Waals surface area contributed by atoms with Crippen molar-refractivity contribution in [2.24, 2.45) is 0 Å². The van der Waals surface area contributed by atoms with E-state index in [4.69, 9.17) is 16.3 Å². The summed E-state index contributed by atoms with van der Waals surface area (Å²) in [4.78, 5) is 12.5. The Morgan fingerprint density at radius 1 is 1.13 bits per heavy atom. The highest BCUT2D eigenvalue weighted by Crippen LogP contribution is 2.46. The van der Waals surface area contributed by atoms with Crippen molar-refractivity contribution in [3.8, 4) is 5.75 Å². The highest BCUT2D eigenvalue weighted by molar-refractivity contribution is 6.30. The molecular weight excluding hydrogens is 433 g/mol. The summed E-state index contributed by atoms with van der Waals surface area (Å²) in [5, 5.41) is 11.4. The molecule has 0 saturated heterocycles. The highest BCUT2D eigenvalue weighted by Gasteiger charge is 2.46. The summed E-state index contributed by atoms with van der Waals surface area (Å²) in [5.74, 6) is 0.330. The first-order valence-corrected chi connectivity index (χ1v) is 9.87. The summed E-state index contributed by atoms with van der Waals surface area (Å²) in [6.07, 6.45) is -1.45. The minimum Gasteiger partial charge on any atom is -0.487 e. The standard InChI is InChI=1S/C21H18ClF3N4O2/c22-16-5-7-18(8-6-16)31-13-17-11-29(28-27-17)12-19(30)26-20(9-10-20)14-1-3-15(4-2-14)21(23,24)25/h1-8,11H,9-10,12-13H2,(H,26,30). The van der Waals surface area contributed by atoms with Crippen LogP contribution in [0.3, 0.4) is 0 Å². The van der Waals surface area contributed by atoms with Crippen LogP contribution in [0.4, 0.5) is 13.2 Å². The van der Waals surface area contributed by atoms with Gasteiger partial charge >= 0.3 is 6.18 Å². The first-order valence-electron chi connectivity index (χ1n) is 9.50. The van der Waals surface area contributed by atoms with Gasteiger partial charge in [-0.25, -0.2) is 4.68 Å². The first kappa shape index (κ1) is 21.2. The molecule has 162 valence electrons. The van der Waals surface area contributed by atoms with Gasteiger partial charge in [-0.2, -0.15) is 13.2 Å². The fourth-order valence-electron chi connectivity index (χ4n) is 3.21. The summed E-state index contributed by atoms with van der Waals surface area (Å²) in [7, 11) is 0. The Kier molecular flexibility index (Phi) is 5.62. The molecule has 10 heteroatoms. The molecule has 0 bridgehead atoms. The average molecular weight is 451 g/mol. The van der Waals surface area contributed by atoms with Gasteiger partial charge in [0.15, 0.2) is 0 Å². The van der Waals surface area contributed by atoms with E-state index in [0.29, 0.717) is 34.9 Å². The third kappa shape index (κ3) is 5.16. The average Bonchev–Trinajstić information content (AvgIpc) is 3.37. The lowest BCUT2D eigenvalue weighted by molar-refractivity contribution is -0.137. The molecule has 4 rings (SSSR count). The van der Waals surface area contributed by atoms with E-state index in [1.54, 1.807) is 30.5 Å². The first-order chi connectivity index (χ1) is 14.7. The van der Waals surface area contributed by atoms with Crippen LogP contribution in [-0.2, 0) is 29.7 Å². The highest BCUT2D eigenvalue weighted by atomic mass is 35.5. The Balaban J connectivity index is 1.32. The Morgan fingerprint density at radius 3 is 2.42 bits per heavy atom. The zero-order valence-electron chi connectivity index (χ0n) is 16.2. The van der Waals surface area contributed by atoms with Gasteiger partial charge in [0.1, 0.15) is 24.6 Å². The molecule has 0 atom stereocenters. The molecule has 2 aromatic carbocycles. The number of benzene rings is 2. The van der Waals surface area contributed by atoms with E-state index in [1.807, 2.05) is 0 Å². The van der Waals surface area contributed by atoms with E-state index < -0.39 is 17.3 Å². The zero-order valence-corrected chi connectivity index (χ0v) is 17.0. The van der Waals surface area contributed by atoms with Crippen LogP contribution in [0.15, 0.2) is 54.7 Å². The third-order valence-corrected chi connectivity index (χ3v) is 5.24. The predicted octanol–water partition coefficient (Wildman–Crippen LogP) is 4.33. The molecule has 3 aromatic rings. The van der Waals surface area contributed by atoms with Gasteiger partial charge in [0.25, 0.3) is 0 Å². The van der Waals surface area contributed by atoms with Crippen LogP contribution in [0.1, 0.15) is 29.7 Å². The fourth-order valence-corrected chi connectivity index (χ4v) is 3.34. The molecule has 1 saturated carbocycles. The summed E-state index contributed by atoms with van der Waals surface area (Å²) in [6, 6.07) is 11.8. The topological polar surface area (TPSA) is 69.0 Å². The lowest BCUT2D eigenvalue weighted by atomic mass is 10.0. The number of aromatic nitrogens is 3. The largest absolute Gasteiger partial charge is 0.487 e. The van der Waals surface area contributed by atoms with Crippen molar-refractivity contribution in [3.05, 3.63) is 76.6 Å². The number of carbonyl (C=O) groups excluding carboxylic acids is 1. The lowest BCUT2D eigenvalue weighted by Crippen LogP contribution is -2.37. The quantitative estimate of drug-likeness (QED) is 0.581. The van der Waals surface area contributed by atoms with Crippen molar-refractivity contribution < 1.29 is 22.7 Å². The van der Waals surface area contributed by atoms with E-state index in [9.17, 15) is 18.0 Å². The number of amides is 1. The Bertz CT molecular complexity index is 1060. The van der Waals surface area contributed by atoms with Crippen molar-refractivity contribution in [1.29, 1.82) is 0 Å². The van der Waals surface area contributed by atoms with Gasteiger partial charge in [-0.1, -0.05) is 28.9 Å². The van der Waals surface area contributed by atoms with Gasteiger partial charge in [-0.05, 0) is 54.8 Å². The molecular formula is C21H18ClF3N4O2. The molecule has 6 nitrogen and oxygen atoms in total. The molecule has 0 unspecified atom stereocenters. The van der Waals surface area contributed by atoms with Crippen LogP contribution in [0.5, 0.6) is 5.75 Å². The summed E-state index contributed by atoms with van der Waals surface area (Å²) in [5.41, 5.74) is -0.132. The monoisotopic (exact) mass is 450 g/mol. The minimum atomic E-state index is -4.39. The number of hydrogen-bond donors (Lipinski definition) is 1. The van der Waals surface area contributed by atoms with Crippen LogP contribution in [-0.4, -0.2) is 20.9 Å². The zero-order chi connectivity index (χ0) is 22.1. The van der Waals surface area contributed by atoms with Gasteiger partial charge in [-0.15, -0.1) is 5.10 Å². The molecule has 1 fully saturated rings. The number of rotatable bonds is 7. The second-order valence-corrected chi connectivity index (χ2v) is 7.79. The maximum absolute atomic E-state index is 12.8. The Labute approximate surface area is 181 Å². The smallest absolute Gasteiger partial charge is 0.416 e. The van der Waals surface area contributed by atoms with Crippen LogP contribution < -0.4 is 10.1 Å². The van der Waals surface area contributed by atoms with E-state index in [0.717, 1.165) is 12.1 Å². The van der Waals surface area contributed by atoms with E-state index in [2.05, 4.69) is 15.6 Å². The van der Waals surface area contributed by atoms with Gasteiger partial charge < -0.3 is 10.1 Å². The molecule has 0 aliphatic heterocycles. The fraction of sp³-hybridized carbons (Fsp3) is 0.286. The summed E-state index contributed by atoms with van der Waals surface area (Å²) < 4.78 is 45.2. The Morgan fingerprint density at radius 2 is 1.81 bits per heavy atom. The molecule has 1 aliphatic carbocycles. The van der Waals surface area contributed by atoms with Gasteiger partial charge in [0.2, 0.25) is 5.91 Å². The number of carbonyl (C=O) groups is 1. The molecule has 1 heterocycles. The molecule has 0 spiro atoms. The van der Waals surface area contributed by atoms with Gasteiger partial charge in [-0.3, -0.25) is 4.79 Å². The number of halogens is 4. The van der Waals surface area contributed by atoms with Crippen LogP contribution in [0, 0.1) is 0 Å². The molecule has 1 N–H and O–H groups in total. The summed E-state index contributed by atoms with van der Waals surface area (Å²) in [6.45, 7) is 0.120.